The third-order valence-electron chi connectivity index (χ3n) is 4.99. The minimum atomic E-state index is -1.71. The maximum absolute atomic E-state index is 6.10. The zero-order valence-electron chi connectivity index (χ0n) is 21.9. The molecule has 0 spiro atoms. The van der Waals surface area contributed by atoms with Crippen LogP contribution in [-0.2, 0) is 13.8 Å². The van der Waals surface area contributed by atoms with Gasteiger partial charge in [0.2, 0.25) is 0 Å². The molecule has 0 saturated carbocycles. The van der Waals surface area contributed by atoms with Crippen LogP contribution in [0.2, 0.25) is 0 Å². The summed E-state index contributed by atoms with van der Waals surface area (Å²) in [4.78, 5) is 0. The molecule has 0 saturated heterocycles. The Bertz CT molecular complexity index is 1100. The van der Waals surface area contributed by atoms with E-state index in [-0.39, 0.29) is 18.8 Å². The van der Waals surface area contributed by atoms with Crippen molar-refractivity contribution in [2.75, 3.05) is 13.2 Å². The van der Waals surface area contributed by atoms with Crippen molar-refractivity contribution in [1.29, 1.82) is 0 Å². The molecule has 0 fully saturated rings. The topological polar surface area (TPSA) is 64.6 Å². The van der Waals surface area contributed by atoms with Crippen molar-refractivity contribution in [2.24, 2.45) is 0 Å². The van der Waals surface area contributed by atoms with Crippen molar-refractivity contribution in [2.45, 2.75) is 26.1 Å². The lowest BCUT2D eigenvalue weighted by atomic mass is 10.3. The van der Waals surface area contributed by atoms with Crippen LogP contribution in [0.15, 0.2) is 121 Å². The van der Waals surface area contributed by atoms with E-state index in [2.05, 4.69) is 0 Å². The minimum absolute atomic E-state index is 0.240. The summed E-state index contributed by atoms with van der Waals surface area (Å²) in [5.74, 6) is 2.67. The molecule has 4 aromatic rings. The van der Waals surface area contributed by atoms with Crippen LogP contribution < -0.4 is 18.1 Å². The molecule has 4 rings (SSSR count). The second-order valence-electron chi connectivity index (χ2n) is 8.42. The molecule has 4 aromatic carbocycles. The van der Waals surface area contributed by atoms with Crippen LogP contribution in [-0.4, -0.2) is 25.4 Å². The molecule has 0 amide bonds. The Morgan fingerprint density at radius 1 is 0.462 bits per heavy atom. The average molecular weight is 567 g/mol. The van der Waals surface area contributed by atoms with Crippen LogP contribution in [0.25, 0.3) is 0 Å². The first-order valence-electron chi connectivity index (χ1n) is 12.6. The smallest absolute Gasteiger partial charge is 0.418 e. The monoisotopic (exact) mass is 566 g/mol. The van der Waals surface area contributed by atoms with E-state index in [1.807, 2.05) is 135 Å². The highest BCUT2D eigenvalue weighted by Crippen LogP contribution is 2.43. The van der Waals surface area contributed by atoms with Gasteiger partial charge in [0.05, 0.1) is 25.4 Å². The summed E-state index contributed by atoms with van der Waals surface area (Å²) in [6.07, 6.45) is -0.537. The van der Waals surface area contributed by atoms with E-state index in [9.17, 15) is 0 Å². The maximum Gasteiger partial charge on any atom is 0.463 e. The maximum atomic E-state index is 6.10. The normalized spacial score (nSPS) is 12.6. The van der Waals surface area contributed by atoms with E-state index in [1.54, 1.807) is 0 Å². The second-order valence-corrected chi connectivity index (χ2v) is 10.5. The van der Waals surface area contributed by atoms with Gasteiger partial charge in [-0.05, 0) is 62.4 Å². The summed E-state index contributed by atoms with van der Waals surface area (Å²) in [5.41, 5.74) is 0. The zero-order chi connectivity index (χ0) is 27.1. The van der Waals surface area contributed by atoms with Gasteiger partial charge in [0.15, 0.2) is 0 Å². The highest BCUT2D eigenvalue weighted by atomic mass is 31.2. The lowest BCUT2D eigenvalue weighted by Gasteiger charge is -2.23. The van der Waals surface area contributed by atoms with Crippen molar-refractivity contribution in [3.63, 3.8) is 0 Å². The van der Waals surface area contributed by atoms with Crippen LogP contribution in [0.1, 0.15) is 13.8 Å². The van der Waals surface area contributed by atoms with Gasteiger partial charge in [-0.15, -0.1) is 0 Å². The Labute approximate surface area is 232 Å². The van der Waals surface area contributed by atoms with Gasteiger partial charge in [0.25, 0.3) is 0 Å². The van der Waals surface area contributed by atoms with E-state index in [0.717, 1.165) is 0 Å². The van der Waals surface area contributed by atoms with E-state index < -0.39 is 17.2 Å². The highest BCUT2D eigenvalue weighted by molar-refractivity contribution is 7.42. The third kappa shape index (κ3) is 10.8. The molecule has 0 radical (unpaired) electrons. The number of para-hydroxylation sites is 4. The van der Waals surface area contributed by atoms with Gasteiger partial charge < -0.3 is 22.8 Å². The van der Waals surface area contributed by atoms with E-state index in [4.69, 9.17) is 31.9 Å². The summed E-state index contributed by atoms with van der Waals surface area (Å²) in [6.45, 7) is 4.43. The third-order valence-corrected chi connectivity index (χ3v) is 7.32. The molecule has 0 aliphatic rings. The molecule has 0 aromatic heterocycles. The molecule has 9 heteroatoms. The van der Waals surface area contributed by atoms with Gasteiger partial charge in [0, 0.05) is 0 Å². The summed E-state index contributed by atoms with van der Waals surface area (Å²) < 4.78 is 42.0. The molecule has 0 heterocycles. The Kier molecular flexibility index (Phi) is 11.9. The predicted octanol–water partition coefficient (Wildman–Crippen LogP) is 8.58. The second kappa shape index (κ2) is 16.0. The van der Waals surface area contributed by atoms with Gasteiger partial charge >= 0.3 is 17.2 Å². The quantitative estimate of drug-likeness (QED) is 0.126. The molecule has 2 unspecified atom stereocenters. The Balaban J connectivity index is 1.27. The number of hydrogen-bond donors (Lipinski definition) is 0. The molecule has 0 aliphatic carbocycles. The lowest BCUT2D eigenvalue weighted by molar-refractivity contribution is -0.00896. The van der Waals surface area contributed by atoms with Crippen LogP contribution in [0.4, 0.5) is 0 Å². The van der Waals surface area contributed by atoms with Crippen molar-refractivity contribution in [1.82, 2.24) is 0 Å². The fourth-order valence-electron chi connectivity index (χ4n) is 3.09. The number of hydrogen-bond acceptors (Lipinski definition) is 7. The summed E-state index contributed by atoms with van der Waals surface area (Å²) in [5, 5.41) is 0. The summed E-state index contributed by atoms with van der Waals surface area (Å²) >= 11 is 0. The first kappa shape index (κ1) is 28.8. The molecule has 2 atom stereocenters. The highest BCUT2D eigenvalue weighted by Gasteiger charge is 2.23. The summed E-state index contributed by atoms with van der Waals surface area (Å²) in [6, 6.07) is 37.8. The van der Waals surface area contributed by atoms with E-state index in [1.165, 1.54) is 0 Å². The average Bonchev–Trinajstić information content (AvgIpc) is 2.97. The minimum Gasteiger partial charge on any atom is -0.418 e. The Morgan fingerprint density at radius 3 is 1.21 bits per heavy atom. The molecule has 0 aliphatic heterocycles. The molecule has 204 valence electrons. The molecule has 39 heavy (non-hydrogen) atoms. The molecular formula is C30H32O7P2. The van der Waals surface area contributed by atoms with Crippen molar-refractivity contribution >= 4 is 17.2 Å². The number of rotatable bonds is 16. The standard InChI is InChI=1S/C30H32O7P2/c1-25(24-32-38(34-27-15-7-3-8-16-27)35-28-17-9-4-10-18-28)31-23-26(2)33-39(36-29-19-11-5-12-20-29)37-30-21-13-6-14-22-30/h3-22,25-26H,23-24H2,1-2H3. The van der Waals surface area contributed by atoms with Crippen LogP contribution >= 0.6 is 17.2 Å². The van der Waals surface area contributed by atoms with Gasteiger partial charge in [-0.3, -0.25) is 9.05 Å². The lowest BCUT2D eigenvalue weighted by Crippen LogP contribution is -2.23. The molecule has 7 nitrogen and oxygen atoms in total. The van der Waals surface area contributed by atoms with Crippen molar-refractivity contribution in [3.8, 4) is 23.0 Å². The Hall–Kier alpha value is -3.18. The molecule has 0 bridgehead atoms. The summed E-state index contributed by atoms with van der Waals surface area (Å²) in [7, 11) is -3.40. The molecular weight excluding hydrogens is 534 g/mol. The van der Waals surface area contributed by atoms with Crippen LogP contribution in [0.3, 0.4) is 0 Å². The first-order chi connectivity index (χ1) is 19.1. The van der Waals surface area contributed by atoms with Crippen molar-refractivity contribution < 1.29 is 31.9 Å². The first-order valence-corrected chi connectivity index (χ1v) is 14.8. The van der Waals surface area contributed by atoms with Crippen LogP contribution in [0.5, 0.6) is 23.0 Å². The van der Waals surface area contributed by atoms with Gasteiger partial charge in [-0.25, -0.2) is 0 Å². The van der Waals surface area contributed by atoms with Gasteiger partial charge in [-0.2, -0.15) is 0 Å². The number of benzene rings is 4. The van der Waals surface area contributed by atoms with Gasteiger partial charge in [0.1, 0.15) is 23.0 Å². The number of ether oxygens (including phenoxy) is 1. The van der Waals surface area contributed by atoms with Crippen molar-refractivity contribution in [3.05, 3.63) is 121 Å². The SMILES string of the molecule is CC(COP(Oc1ccccc1)Oc1ccccc1)OCC(C)OP(Oc1ccccc1)Oc1ccccc1. The van der Waals surface area contributed by atoms with E-state index in [0.29, 0.717) is 29.6 Å². The fourth-order valence-corrected chi connectivity index (χ4v) is 5.22. The molecule has 0 N–H and O–H groups in total. The zero-order valence-corrected chi connectivity index (χ0v) is 23.7. The van der Waals surface area contributed by atoms with E-state index >= 15 is 0 Å². The van der Waals surface area contributed by atoms with Crippen LogP contribution in [0, 0.1) is 0 Å². The fraction of sp³-hybridized carbons (Fsp3) is 0.200. The predicted molar refractivity (Wildman–Crippen MR) is 154 cm³/mol. The Morgan fingerprint density at radius 2 is 0.821 bits per heavy atom. The largest absolute Gasteiger partial charge is 0.463 e. The van der Waals surface area contributed by atoms with Gasteiger partial charge in [-0.1, -0.05) is 72.8 Å².